The fourth-order valence-electron chi connectivity index (χ4n) is 3.01. The van der Waals surface area contributed by atoms with Crippen LogP contribution in [0, 0.1) is 10.1 Å². The van der Waals surface area contributed by atoms with Crippen molar-refractivity contribution in [2.45, 2.75) is 16.6 Å². The summed E-state index contributed by atoms with van der Waals surface area (Å²) in [5.74, 6) is -0.0951. The molecule has 3 rings (SSSR count). The van der Waals surface area contributed by atoms with E-state index in [1.54, 1.807) is 23.9 Å². The first-order chi connectivity index (χ1) is 14.2. The van der Waals surface area contributed by atoms with Gasteiger partial charge in [0.25, 0.3) is 0 Å². The second-order valence-electron chi connectivity index (χ2n) is 6.44. The molecule has 1 aromatic heterocycles. The maximum absolute atomic E-state index is 11.3. The molecular weight excluding hydrogens is 447 g/mol. The summed E-state index contributed by atoms with van der Waals surface area (Å²) in [6, 6.07) is 12.8. The number of anilines is 3. The van der Waals surface area contributed by atoms with Gasteiger partial charge in [0.15, 0.2) is 0 Å². The molecule has 11 heteroatoms. The predicted molar refractivity (Wildman–Crippen MR) is 121 cm³/mol. The molecular formula is C19H18Cl2N6O2S. The molecule has 0 fully saturated rings. The van der Waals surface area contributed by atoms with Crippen LogP contribution in [0.1, 0.15) is 22.6 Å². The molecule has 0 aliphatic heterocycles. The Balaban J connectivity index is 1.90. The van der Waals surface area contributed by atoms with E-state index in [4.69, 9.17) is 40.4 Å². The fraction of sp³-hybridized carbons (Fsp3) is 0.158. The minimum absolute atomic E-state index is 0.0284. The summed E-state index contributed by atoms with van der Waals surface area (Å²) in [7, 11) is 0. The lowest BCUT2D eigenvalue weighted by molar-refractivity contribution is -0.481. The number of hydrogen-bond acceptors (Lipinski definition) is 8. The Morgan fingerprint density at radius 3 is 2.37 bits per heavy atom. The zero-order chi connectivity index (χ0) is 21.8. The van der Waals surface area contributed by atoms with E-state index in [-0.39, 0.29) is 17.6 Å². The average molecular weight is 465 g/mol. The summed E-state index contributed by atoms with van der Waals surface area (Å²) in [5.41, 5.74) is 19.5. The molecule has 0 radical (unpaired) electrons. The number of thioether (sulfide) groups is 1. The van der Waals surface area contributed by atoms with Crippen molar-refractivity contribution in [1.29, 1.82) is 0 Å². The molecule has 1 heterocycles. The Hall–Kier alpha value is -2.75. The van der Waals surface area contributed by atoms with E-state index in [1.165, 1.54) is 0 Å². The normalized spacial score (nSPS) is 11.9. The maximum Gasteiger partial charge on any atom is 0.223 e. The molecule has 156 valence electrons. The van der Waals surface area contributed by atoms with Gasteiger partial charge in [-0.15, -0.1) is 11.8 Å². The van der Waals surface area contributed by atoms with Crippen molar-refractivity contribution in [3.63, 3.8) is 0 Å². The van der Waals surface area contributed by atoms with Crippen LogP contribution in [0.3, 0.4) is 0 Å². The molecule has 0 aliphatic rings. The molecule has 0 saturated heterocycles. The Labute approximate surface area is 186 Å². The highest BCUT2D eigenvalue weighted by Gasteiger charge is 2.27. The minimum Gasteiger partial charge on any atom is -0.383 e. The first kappa shape index (κ1) is 21.9. The van der Waals surface area contributed by atoms with Crippen molar-refractivity contribution >= 4 is 52.5 Å². The first-order valence-corrected chi connectivity index (χ1v) is 10.5. The molecule has 30 heavy (non-hydrogen) atoms. The molecule has 0 amide bonds. The van der Waals surface area contributed by atoms with Crippen LogP contribution in [0.15, 0.2) is 47.4 Å². The fourth-order valence-corrected chi connectivity index (χ4v) is 4.24. The summed E-state index contributed by atoms with van der Waals surface area (Å²) in [6.07, 6.45) is 0. The highest BCUT2D eigenvalue weighted by molar-refractivity contribution is 7.98. The van der Waals surface area contributed by atoms with E-state index >= 15 is 0 Å². The molecule has 3 aromatic rings. The molecule has 0 bridgehead atoms. The largest absolute Gasteiger partial charge is 0.383 e. The maximum atomic E-state index is 11.3. The standard InChI is InChI=1S/C19H18Cl2N6O2S/c20-14-5-4-10(6-15(14)21)9-30-12-3-1-2-11(7-12)13(8-27(28)29)16-17(22)25-19(24)26-18(16)23/h1-7,13H,8-9H2,(H6,22,23,24,25,26). The van der Waals surface area contributed by atoms with Crippen molar-refractivity contribution in [3.05, 3.63) is 79.3 Å². The van der Waals surface area contributed by atoms with Gasteiger partial charge in [0.1, 0.15) is 11.6 Å². The molecule has 6 N–H and O–H groups in total. The SMILES string of the molecule is Nc1nc(N)c(C(C[N+](=O)[O-])c2cccc(SCc3ccc(Cl)c(Cl)c3)c2)c(N)n1. The van der Waals surface area contributed by atoms with Gasteiger partial charge in [-0.25, -0.2) is 0 Å². The highest BCUT2D eigenvalue weighted by Crippen LogP contribution is 2.35. The quantitative estimate of drug-likeness (QED) is 0.267. The van der Waals surface area contributed by atoms with Crippen LogP contribution in [-0.4, -0.2) is 21.4 Å². The predicted octanol–water partition coefficient (Wildman–Crippen LogP) is 4.23. The van der Waals surface area contributed by atoms with Crippen LogP contribution in [0.5, 0.6) is 0 Å². The molecule has 0 aliphatic carbocycles. The Kier molecular flexibility index (Phi) is 6.86. The average Bonchev–Trinajstić information content (AvgIpc) is 2.67. The lowest BCUT2D eigenvalue weighted by Crippen LogP contribution is -2.19. The van der Waals surface area contributed by atoms with Gasteiger partial charge < -0.3 is 17.2 Å². The lowest BCUT2D eigenvalue weighted by Gasteiger charge is -2.18. The van der Waals surface area contributed by atoms with Gasteiger partial charge in [-0.1, -0.05) is 41.4 Å². The summed E-state index contributed by atoms with van der Waals surface area (Å²) in [5, 5.41) is 12.3. The van der Waals surface area contributed by atoms with Crippen molar-refractivity contribution < 1.29 is 4.92 Å². The third-order valence-electron chi connectivity index (χ3n) is 4.35. The highest BCUT2D eigenvalue weighted by atomic mass is 35.5. The van der Waals surface area contributed by atoms with Gasteiger partial charge in [0.2, 0.25) is 12.5 Å². The topological polar surface area (TPSA) is 147 Å². The van der Waals surface area contributed by atoms with E-state index in [0.29, 0.717) is 26.9 Å². The summed E-state index contributed by atoms with van der Waals surface area (Å²) in [6.45, 7) is -0.414. The number of aromatic nitrogens is 2. The monoisotopic (exact) mass is 464 g/mol. The number of halogens is 2. The number of nitro groups is 1. The van der Waals surface area contributed by atoms with E-state index in [2.05, 4.69) is 9.97 Å². The van der Waals surface area contributed by atoms with Crippen LogP contribution >= 0.6 is 35.0 Å². The minimum atomic E-state index is -0.717. The number of nitrogens with zero attached hydrogens (tertiary/aromatic N) is 3. The smallest absolute Gasteiger partial charge is 0.223 e. The molecule has 1 unspecified atom stereocenters. The van der Waals surface area contributed by atoms with Crippen LogP contribution in [0.25, 0.3) is 0 Å². The molecule has 1 atom stereocenters. The number of benzene rings is 2. The van der Waals surface area contributed by atoms with Gasteiger partial charge in [0, 0.05) is 15.6 Å². The van der Waals surface area contributed by atoms with Gasteiger partial charge in [-0.2, -0.15) is 9.97 Å². The number of nitrogen functional groups attached to an aromatic ring is 3. The molecule has 8 nitrogen and oxygen atoms in total. The number of nitrogens with two attached hydrogens (primary N) is 3. The number of rotatable bonds is 7. The second kappa shape index (κ2) is 9.38. The van der Waals surface area contributed by atoms with Gasteiger partial charge >= 0.3 is 0 Å². The Morgan fingerprint density at radius 1 is 1.03 bits per heavy atom. The van der Waals surface area contributed by atoms with Gasteiger partial charge in [0.05, 0.1) is 21.5 Å². The first-order valence-electron chi connectivity index (χ1n) is 8.71. The van der Waals surface area contributed by atoms with Crippen LogP contribution in [-0.2, 0) is 5.75 Å². The third kappa shape index (κ3) is 5.24. The van der Waals surface area contributed by atoms with E-state index in [1.807, 2.05) is 30.3 Å². The van der Waals surface area contributed by atoms with Crippen molar-refractivity contribution in [2.75, 3.05) is 23.7 Å². The summed E-state index contributed by atoms with van der Waals surface area (Å²) in [4.78, 5) is 19.7. The molecule has 0 spiro atoms. The van der Waals surface area contributed by atoms with E-state index < -0.39 is 17.4 Å². The van der Waals surface area contributed by atoms with E-state index in [9.17, 15) is 10.1 Å². The third-order valence-corrected chi connectivity index (χ3v) is 6.16. The zero-order valence-corrected chi connectivity index (χ0v) is 17.9. The van der Waals surface area contributed by atoms with Crippen molar-refractivity contribution in [1.82, 2.24) is 9.97 Å². The van der Waals surface area contributed by atoms with E-state index in [0.717, 1.165) is 10.5 Å². The summed E-state index contributed by atoms with van der Waals surface area (Å²) < 4.78 is 0. The zero-order valence-electron chi connectivity index (χ0n) is 15.6. The van der Waals surface area contributed by atoms with Gasteiger partial charge in [-0.3, -0.25) is 10.1 Å². The van der Waals surface area contributed by atoms with Crippen molar-refractivity contribution in [3.8, 4) is 0 Å². The molecule has 0 saturated carbocycles. The van der Waals surface area contributed by atoms with Crippen LogP contribution in [0.2, 0.25) is 10.0 Å². The van der Waals surface area contributed by atoms with Crippen LogP contribution < -0.4 is 17.2 Å². The van der Waals surface area contributed by atoms with Crippen LogP contribution in [0.4, 0.5) is 17.6 Å². The summed E-state index contributed by atoms with van der Waals surface area (Å²) >= 11 is 13.6. The van der Waals surface area contributed by atoms with Crippen molar-refractivity contribution in [2.24, 2.45) is 0 Å². The lowest BCUT2D eigenvalue weighted by atomic mass is 9.91. The second-order valence-corrected chi connectivity index (χ2v) is 8.31. The Morgan fingerprint density at radius 2 is 1.73 bits per heavy atom. The number of hydrogen-bond donors (Lipinski definition) is 3. The molecule has 2 aromatic carbocycles. The Bertz CT molecular complexity index is 1080. The van der Waals surface area contributed by atoms with Gasteiger partial charge in [-0.05, 0) is 35.4 Å².